The Bertz CT molecular complexity index is 1220. The molecule has 0 saturated carbocycles. The van der Waals surface area contributed by atoms with E-state index in [1.165, 1.54) is 30.5 Å². The van der Waals surface area contributed by atoms with Crippen molar-refractivity contribution in [3.63, 3.8) is 0 Å². The predicted molar refractivity (Wildman–Crippen MR) is 124 cm³/mol. The van der Waals surface area contributed by atoms with Gasteiger partial charge in [-0.2, -0.15) is 0 Å². The largest absolute Gasteiger partial charge is 0.507 e. The van der Waals surface area contributed by atoms with Crippen molar-refractivity contribution in [1.29, 1.82) is 0 Å². The number of carbonyl (C=O) groups is 2. The molecule has 1 aromatic heterocycles. The van der Waals surface area contributed by atoms with Crippen LogP contribution in [0.1, 0.15) is 24.1 Å². The Morgan fingerprint density at radius 3 is 2.61 bits per heavy atom. The van der Waals surface area contributed by atoms with E-state index >= 15 is 0 Å². The lowest BCUT2D eigenvalue weighted by Crippen LogP contribution is -2.29. The van der Waals surface area contributed by atoms with E-state index in [1.54, 1.807) is 54.0 Å². The number of Topliss-reactive ketones (excluding diaryl/α,β-unsaturated/α-hetero) is 1. The molecule has 9 heteroatoms. The van der Waals surface area contributed by atoms with Crippen molar-refractivity contribution < 1.29 is 28.9 Å². The van der Waals surface area contributed by atoms with Crippen LogP contribution in [-0.2, 0) is 9.59 Å². The Kier molecular flexibility index (Phi) is 6.32. The molecule has 1 aliphatic heterocycles. The van der Waals surface area contributed by atoms with E-state index < -0.39 is 17.7 Å². The number of aliphatic hydroxyl groups excluding tert-OH is 1. The highest BCUT2D eigenvalue weighted by atomic mass is 32.1. The van der Waals surface area contributed by atoms with E-state index in [4.69, 9.17) is 14.2 Å². The molecule has 1 unspecified atom stereocenters. The zero-order chi connectivity index (χ0) is 23.5. The van der Waals surface area contributed by atoms with E-state index in [1.807, 2.05) is 6.92 Å². The molecule has 1 fully saturated rings. The number of benzene rings is 2. The molecule has 1 N–H and O–H groups in total. The van der Waals surface area contributed by atoms with Crippen LogP contribution in [0.25, 0.3) is 5.76 Å². The van der Waals surface area contributed by atoms with Gasteiger partial charge in [0.2, 0.25) is 0 Å². The number of thiazole rings is 1. The van der Waals surface area contributed by atoms with Crippen LogP contribution in [0.4, 0.5) is 5.13 Å². The molecule has 2 heterocycles. The summed E-state index contributed by atoms with van der Waals surface area (Å²) in [7, 11) is 3.02. The van der Waals surface area contributed by atoms with Crippen LogP contribution in [0.2, 0.25) is 0 Å². The highest BCUT2D eigenvalue weighted by molar-refractivity contribution is 7.14. The average molecular weight is 467 g/mol. The number of anilines is 1. The first-order valence-corrected chi connectivity index (χ1v) is 11.0. The normalized spacial score (nSPS) is 17.3. The zero-order valence-electron chi connectivity index (χ0n) is 18.3. The van der Waals surface area contributed by atoms with Gasteiger partial charge in [-0.15, -0.1) is 11.3 Å². The minimum absolute atomic E-state index is 0.0466. The number of carbonyl (C=O) groups excluding carboxylic acids is 2. The highest BCUT2D eigenvalue weighted by Gasteiger charge is 2.48. The maximum atomic E-state index is 13.2. The van der Waals surface area contributed by atoms with Crippen molar-refractivity contribution in [2.24, 2.45) is 0 Å². The SMILES string of the molecule is CCOc1ccc(C2/C(=C(\O)c3cccc(OC)c3)C(=O)C(=O)N2c2nccs2)cc1OC. The molecule has 1 atom stereocenters. The number of aliphatic hydroxyl groups is 1. The lowest BCUT2D eigenvalue weighted by atomic mass is 9.95. The second kappa shape index (κ2) is 9.33. The number of aromatic nitrogens is 1. The quantitative estimate of drug-likeness (QED) is 0.317. The van der Waals surface area contributed by atoms with Crippen LogP contribution in [0.15, 0.2) is 59.6 Å². The molecule has 0 aliphatic carbocycles. The van der Waals surface area contributed by atoms with Crippen molar-refractivity contribution in [2.75, 3.05) is 25.7 Å². The maximum Gasteiger partial charge on any atom is 0.301 e. The summed E-state index contributed by atoms with van der Waals surface area (Å²) in [6, 6.07) is 10.9. The molecule has 4 rings (SSSR count). The van der Waals surface area contributed by atoms with Gasteiger partial charge in [0.1, 0.15) is 11.5 Å². The van der Waals surface area contributed by atoms with Gasteiger partial charge in [-0.1, -0.05) is 18.2 Å². The van der Waals surface area contributed by atoms with Gasteiger partial charge in [-0.25, -0.2) is 4.98 Å². The summed E-state index contributed by atoms with van der Waals surface area (Å²) < 4.78 is 16.3. The first-order chi connectivity index (χ1) is 16.0. The van der Waals surface area contributed by atoms with Crippen molar-refractivity contribution in [2.45, 2.75) is 13.0 Å². The molecule has 1 amide bonds. The molecule has 33 heavy (non-hydrogen) atoms. The predicted octanol–water partition coefficient (Wildman–Crippen LogP) is 4.19. The van der Waals surface area contributed by atoms with Gasteiger partial charge in [0, 0.05) is 17.1 Å². The topological polar surface area (TPSA) is 98.2 Å². The monoisotopic (exact) mass is 466 g/mol. The molecule has 170 valence electrons. The van der Waals surface area contributed by atoms with Crippen LogP contribution in [0.3, 0.4) is 0 Å². The van der Waals surface area contributed by atoms with E-state index in [0.717, 1.165) is 0 Å². The third-order valence-electron chi connectivity index (χ3n) is 5.22. The van der Waals surface area contributed by atoms with E-state index in [2.05, 4.69) is 4.98 Å². The van der Waals surface area contributed by atoms with Gasteiger partial charge in [0.25, 0.3) is 5.78 Å². The van der Waals surface area contributed by atoms with Crippen LogP contribution in [0.5, 0.6) is 17.2 Å². The molecule has 1 saturated heterocycles. The van der Waals surface area contributed by atoms with Crippen molar-refractivity contribution >= 4 is 33.9 Å². The van der Waals surface area contributed by atoms with E-state index in [0.29, 0.717) is 40.1 Å². The summed E-state index contributed by atoms with van der Waals surface area (Å²) in [4.78, 5) is 31.8. The van der Waals surface area contributed by atoms with Crippen LogP contribution < -0.4 is 19.1 Å². The number of methoxy groups -OCH3 is 2. The molecular formula is C24H22N2O6S. The third-order valence-corrected chi connectivity index (χ3v) is 5.99. The van der Waals surface area contributed by atoms with Gasteiger partial charge in [0.15, 0.2) is 16.6 Å². The first-order valence-electron chi connectivity index (χ1n) is 10.2. The molecule has 8 nitrogen and oxygen atoms in total. The molecule has 0 bridgehead atoms. The molecule has 3 aromatic rings. The fourth-order valence-electron chi connectivity index (χ4n) is 3.73. The van der Waals surface area contributed by atoms with Crippen LogP contribution >= 0.6 is 11.3 Å². The Morgan fingerprint density at radius 2 is 1.94 bits per heavy atom. The third kappa shape index (κ3) is 4.03. The minimum Gasteiger partial charge on any atom is -0.507 e. The molecule has 0 spiro atoms. The van der Waals surface area contributed by atoms with Crippen LogP contribution in [-0.4, -0.2) is 42.6 Å². The fraction of sp³-hybridized carbons (Fsp3) is 0.208. The number of nitrogens with zero attached hydrogens (tertiary/aromatic N) is 2. The first kappa shape index (κ1) is 22.3. The maximum absolute atomic E-state index is 13.2. The number of ketones is 1. The number of hydrogen-bond donors (Lipinski definition) is 1. The summed E-state index contributed by atoms with van der Waals surface area (Å²) in [5.41, 5.74) is 0.873. The second-order valence-electron chi connectivity index (χ2n) is 7.06. The Balaban J connectivity index is 1.93. The molecule has 2 aromatic carbocycles. The molecular weight excluding hydrogens is 444 g/mol. The molecule has 1 aliphatic rings. The summed E-state index contributed by atoms with van der Waals surface area (Å²) in [6.45, 7) is 2.31. The van der Waals surface area contributed by atoms with Gasteiger partial charge in [-0.3, -0.25) is 14.5 Å². The summed E-state index contributed by atoms with van der Waals surface area (Å²) in [6.07, 6.45) is 1.55. The lowest BCUT2D eigenvalue weighted by molar-refractivity contribution is -0.132. The fourth-order valence-corrected chi connectivity index (χ4v) is 4.40. The summed E-state index contributed by atoms with van der Waals surface area (Å²) in [5, 5.41) is 13.3. The summed E-state index contributed by atoms with van der Waals surface area (Å²) >= 11 is 1.22. The van der Waals surface area contributed by atoms with Gasteiger partial charge in [-0.05, 0) is 36.8 Å². The Labute approximate surface area is 194 Å². The van der Waals surface area contributed by atoms with Crippen molar-refractivity contribution in [1.82, 2.24) is 4.98 Å². The Morgan fingerprint density at radius 1 is 1.12 bits per heavy atom. The van der Waals surface area contributed by atoms with Crippen LogP contribution in [0, 0.1) is 0 Å². The average Bonchev–Trinajstić information content (AvgIpc) is 3.46. The van der Waals surface area contributed by atoms with Gasteiger partial charge < -0.3 is 19.3 Å². The van der Waals surface area contributed by atoms with Crippen molar-refractivity contribution in [3.8, 4) is 17.2 Å². The number of ether oxygens (including phenoxy) is 3. The van der Waals surface area contributed by atoms with Gasteiger partial charge >= 0.3 is 5.91 Å². The van der Waals surface area contributed by atoms with Gasteiger partial charge in [0.05, 0.1) is 32.4 Å². The minimum atomic E-state index is -0.910. The van der Waals surface area contributed by atoms with E-state index in [9.17, 15) is 14.7 Å². The highest BCUT2D eigenvalue weighted by Crippen LogP contribution is 2.44. The standard InChI is InChI=1S/C24H22N2O6S/c1-4-32-17-9-8-14(13-18(17)31-3)20-19(21(27)15-6-5-7-16(12-15)30-2)22(28)23(29)26(20)24-25-10-11-33-24/h5-13,20,27H,4H2,1-3H3/b21-19+. The molecule has 0 radical (unpaired) electrons. The second-order valence-corrected chi connectivity index (χ2v) is 7.93. The summed E-state index contributed by atoms with van der Waals surface area (Å²) in [5.74, 6) is -0.393. The van der Waals surface area contributed by atoms with Crippen molar-refractivity contribution in [3.05, 3.63) is 70.7 Å². The smallest absolute Gasteiger partial charge is 0.301 e. The van der Waals surface area contributed by atoms with E-state index in [-0.39, 0.29) is 11.3 Å². The number of rotatable bonds is 7. The number of amides is 1. The lowest BCUT2D eigenvalue weighted by Gasteiger charge is -2.24. The number of hydrogen-bond acceptors (Lipinski definition) is 8. The Hall–Kier alpha value is -3.85. The zero-order valence-corrected chi connectivity index (χ0v) is 19.1.